The van der Waals surface area contributed by atoms with Crippen molar-refractivity contribution in [1.82, 2.24) is 0 Å². The number of carboxylic acids is 1. The van der Waals surface area contributed by atoms with Crippen molar-refractivity contribution in [3.8, 4) is 15.8 Å². The van der Waals surface area contributed by atoms with Crippen LogP contribution in [0, 0.1) is 11.3 Å². The second-order valence-electron chi connectivity index (χ2n) is 8.31. The molecule has 0 bridgehead atoms. The third-order valence-corrected chi connectivity index (χ3v) is 8.03. The van der Waals surface area contributed by atoms with Crippen LogP contribution >= 0.6 is 22.7 Å². The van der Waals surface area contributed by atoms with Gasteiger partial charge in [0.25, 0.3) is 0 Å². The molecule has 0 atom stereocenters. The molecule has 0 aliphatic rings. The first-order chi connectivity index (χ1) is 18.6. The number of nitrogens with zero attached hydrogens (tertiary/aromatic N) is 2. The lowest BCUT2D eigenvalue weighted by molar-refractivity contribution is -0.132. The van der Waals surface area contributed by atoms with E-state index in [0.717, 1.165) is 42.1 Å². The molecule has 5 rings (SSSR count). The number of benzene rings is 3. The van der Waals surface area contributed by atoms with E-state index < -0.39 is 5.97 Å². The van der Waals surface area contributed by atoms with Crippen molar-refractivity contribution in [2.45, 2.75) is 0 Å². The van der Waals surface area contributed by atoms with Gasteiger partial charge in [0.1, 0.15) is 11.6 Å². The molecule has 2 heterocycles. The molecule has 0 aliphatic heterocycles. The number of thiophene rings is 2. The minimum absolute atomic E-state index is 0.269. The molecule has 0 spiro atoms. The van der Waals surface area contributed by atoms with Gasteiger partial charge in [0.2, 0.25) is 0 Å². The number of hydrogen-bond donors (Lipinski definition) is 1. The number of rotatable bonds is 8. The summed E-state index contributed by atoms with van der Waals surface area (Å²) in [6.07, 6.45) is 5.61. The van der Waals surface area contributed by atoms with E-state index in [0.29, 0.717) is 0 Å². The molecule has 2 aromatic heterocycles. The van der Waals surface area contributed by atoms with Gasteiger partial charge in [0.15, 0.2) is 0 Å². The summed E-state index contributed by atoms with van der Waals surface area (Å²) < 4.78 is 0. The molecule has 3 aromatic carbocycles. The van der Waals surface area contributed by atoms with Crippen LogP contribution in [-0.4, -0.2) is 11.1 Å². The first-order valence-electron chi connectivity index (χ1n) is 11.8. The van der Waals surface area contributed by atoms with Crippen LogP contribution in [0.2, 0.25) is 0 Å². The summed E-state index contributed by atoms with van der Waals surface area (Å²) in [6.45, 7) is 0. The van der Waals surface area contributed by atoms with Crippen LogP contribution in [0.4, 0.5) is 17.1 Å². The zero-order chi connectivity index (χ0) is 26.3. The fraction of sp³-hybridized carbons (Fsp3) is 0. The quantitative estimate of drug-likeness (QED) is 0.160. The lowest BCUT2D eigenvalue weighted by Gasteiger charge is -2.25. The monoisotopic (exact) mass is 530 g/mol. The van der Waals surface area contributed by atoms with Gasteiger partial charge in [-0.2, -0.15) is 5.26 Å². The largest absolute Gasteiger partial charge is 0.477 e. The van der Waals surface area contributed by atoms with Crippen molar-refractivity contribution in [1.29, 1.82) is 5.26 Å². The van der Waals surface area contributed by atoms with Gasteiger partial charge in [-0.1, -0.05) is 54.6 Å². The van der Waals surface area contributed by atoms with E-state index in [-0.39, 0.29) is 5.57 Å². The number of anilines is 3. The van der Waals surface area contributed by atoms with E-state index in [1.807, 2.05) is 48.5 Å². The van der Waals surface area contributed by atoms with Gasteiger partial charge in [-0.05, 0) is 78.4 Å². The first-order valence-corrected chi connectivity index (χ1v) is 13.5. The number of nitriles is 1. The van der Waals surface area contributed by atoms with E-state index in [1.165, 1.54) is 17.4 Å². The van der Waals surface area contributed by atoms with Gasteiger partial charge >= 0.3 is 5.97 Å². The Bertz CT molecular complexity index is 1600. The maximum Gasteiger partial charge on any atom is 0.346 e. The molecule has 38 heavy (non-hydrogen) atoms. The third-order valence-electron chi connectivity index (χ3n) is 5.75. The molecule has 0 radical (unpaired) electrons. The van der Waals surface area contributed by atoms with Crippen molar-refractivity contribution < 1.29 is 9.90 Å². The molecule has 6 heteroatoms. The van der Waals surface area contributed by atoms with Crippen LogP contribution < -0.4 is 4.90 Å². The Morgan fingerprint density at radius 3 is 1.76 bits per heavy atom. The van der Waals surface area contributed by atoms with Crippen LogP contribution in [0.1, 0.15) is 15.3 Å². The van der Waals surface area contributed by atoms with Gasteiger partial charge in [-0.3, -0.25) is 0 Å². The standard InChI is InChI=1S/C32H22N2O2S2/c33-22-24(32(35)36)21-29-18-20-31(38-29)30-19-17-28(37-30)16-13-23-11-14-27(15-12-23)34(25-7-3-1-4-8-25)26-9-5-2-6-10-26/h1-21H,(H,35,36)/b16-13+,24-21+. The highest BCUT2D eigenvalue weighted by Gasteiger charge is 2.12. The maximum atomic E-state index is 11.1. The first kappa shape index (κ1) is 25.0. The third kappa shape index (κ3) is 5.81. The van der Waals surface area contributed by atoms with Gasteiger partial charge in [0.05, 0.1) is 0 Å². The van der Waals surface area contributed by atoms with Gasteiger partial charge in [-0.25, -0.2) is 4.79 Å². The number of hydrogen-bond acceptors (Lipinski definition) is 5. The Balaban J connectivity index is 1.32. The second kappa shape index (κ2) is 11.6. The predicted molar refractivity (Wildman–Crippen MR) is 159 cm³/mol. The molecule has 184 valence electrons. The summed E-state index contributed by atoms with van der Waals surface area (Å²) in [4.78, 5) is 17.3. The van der Waals surface area contributed by atoms with Crippen LogP contribution in [0.5, 0.6) is 0 Å². The summed E-state index contributed by atoms with van der Waals surface area (Å²) in [5.74, 6) is -1.22. The van der Waals surface area contributed by atoms with Crippen LogP contribution in [-0.2, 0) is 4.79 Å². The zero-order valence-electron chi connectivity index (χ0n) is 20.2. The summed E-state index contributed by atoms with van der Waals surface area (Å²) in [5.41, 5.74) is 4.13. The van der Waals surface area contributed by atoms with Crippen molar-refractivity contribution in [3.63, 3.8) is 0 Å². The van der Waals surface area contributed by atoms with Crippen LogP contribution in [0.3, 0.4) is 0 Å². The Morgan fingerprint density at radius 1 is 0.684 bits per heavy atom. The van der Waals surface area contributed by atoms with E-state index >= 15 is 0 Å². The number of carbonyl (C=O) groups is 1. The molecule has 0 amide bonds. The number of para-hydroxylation sites is 2. The van der Waals surface area contributed by atoms with Crippen LogP contribution in [0.25, 0.3) is 28.0 Å². The molecule has 0 unspecified atom stereocenters. The lowest BCUT2D eigenvalue weighted by Crippen LogP contribution is -2.09. The van der Waals surface area contributed by atoms with E-state index in [2.05, 4.69) is 77.7 Å². The Hall–Kier alpha value is -4.70. The summed E-state index contributed by atoms with van der Waals surface area (Å²) in [7, 11) is 0. The topological polar surface area (TPSA) is 64.3 Å². The molecule has 0 saturated carbocycles. The average Bonchev–Trinajstić information content (AvgIpc) is 3.62. The van der Waals surface area contributed by atoms with Crippen molar-refractivity contribution in [3.05, 3.63) is 130 Å². The SMILES string of the molecule is N#C/C(=C\c1ccc(-c2ccc(/C=C/c3ccc(N(c4ccccc4)c4ccccc4)cc3)s2)s1)C(=O)O. The Kier molecular flexibility index (Phi) is 7.60. The van der Waals surface area contributed by atoms with E-state index in [9.17, 15) is 4.79 Å². The van der Waals surface area contributed by atoms with Crippen molar-refractivity contribution in [2.75, 3.05) is 4.90 Å². The fourth-order valence-electron chi connectivity index (χ4n) is 3.94. The second-order valence-corrected chi connectivity index (χ2v) is 10.5. The highest BCUT2D eigenvalue weighted by atomic mass is 32.1. The highest BCUT2D eigenvalue weighted by Crippen LogP contribution is 2.36. The van der Waals surface area contributed by atoms with Crippen LogP contribution in [0.15, 0.2) is 115 Å². The van der Waals surface area contributed by atoms with Crippen molar-refractivity contribution >= 4 is 63.9 Å². The smallest absolute Gasteiger partial charge is 0.346 e. The normalized spacial score (nSPS) is 11.4. The molecule has 0 saturated heterocycles. The molecule has 4 nitrogen and oxygen atoms in total. The van der Waals surface area contributed by atoms with Gasteiger partial charge in [0, 0.05) is 36.6 Å². The van der Waals surface area contributed by atoms with Crippen molar-refractivity contribution in [2.24, 2.45) is 0 Å². The average molecular weight is 531 g/mol. The zero-order valence-corrected chi connectivity index (χ0v) is 21.8. The Morgan fingerprint density at radius 2 is 1.21 bits per heavy atom. The molecule has 1 N–H and O–H groups in total. The fourth-order valence-corrected chi connectivity index (χ4v) is 5.89. The molecular formula is C32H22N2O2S2. The van der Waals surface area contributed by atoms with E-state index in [4.69, 9.17) is 10.4 Å². The summed E-state index contributed by atoms with van der Waals surface area (Å²) >= 11 is 3.13. The minimum Gasteiger partial charge on any atom is -0.477 e. The molecule has 0 fully saturated rings. The maximum absolute atomic E-state index is 11.1. The Labute approximate surface area is 229 Å². The molecule has 0 aliphatic carbocycles. The molecular weight excluding hydrogens is 508 g/mol. The number of carboxylic acid groups (broad SMARTS) is 1. The van der Waals surface area contributed by atoms with E-state index in [1.54, 1.807) is 17.4 Å². The summed E-state index contributed by atoms with van der Waals surface area (Å²) in [5, 5.41) is 18.0. The van der Waals surface area contributed by atoms with Gasteiger partial charge in [-0.15, -0.1) is 22.7 Å². The van der Waals surface area contributed by atoms with Gasteiger partial charge < -0.3 is 10.0 Å². The number of aliphatic carboxylic acids is 1. The predicted octanol–water partition coefficient (Wildman–Crippen LogP) is 9.11. The lowest BCUT2D eigenvalue weighted by atomic mass is 10.1. The minimum atomic E-state index is -1.22. The molecule has 5 aromatic rings. The summed E-state index contributed by atoms with van der Waals surface area (Å²) in [6, 6.07) is 38.8. The highest BCUT2D eigenvalue weighted by molar-refractivity contribution is 7.23.